The molecule has 2 aromatic rings. The van der Waals surface area contributed by atoms with Crippen molar-refractivity contribution in [3.63, 3.8) is 0 Å². The number of hydrogen-bond donors (Lipinski definition) is 1. The third-order valence-corrected chi connectivity index (χ3v) is 3.66. The Morgan fingerprint density at radius 1 is 1.15 bits per heavy atom. The maximum atomic E-state index is 13.4. The Hall–Kier alpha value is -1.45. The minimum Gasteiger partial charge on any atom is -0.495 e. The highest BCUT2D eigenvalue weighted by Crippen LogP contribution is 2.31. The van der Waals surface area contributed by atoms with Crippen molar-refractivity contribution in [3.8, 4) is 5.75 Å². The Morgan fingerprint density at radius 3 is 2.55 bits per heavy atom. The number of rotatable bonds is 4. The van der Waals surface area contributed by atoms with Crippen LogP contribution in [-0.4, -0.2) is 7.11 Å². The molecule has 0 spiro atoms. The molecule has 2 aromatic carbocycles. The zero-order chi connectivity index (χ0) is 14.7. The van der Waals surface area contributed by atoms with E-state index in [1.807, 2.05) is 13.0 Å². The molecule has 1 N–H and O–H groups in total. The van der Waals surface area contributed by atoms with Crippen molar-refractivity contribution in [2.45, 2.75) is 13.5 Å². The van der Waals surface area contributed by atoms with Gasteiger partial charge in [-0.15, -0.1) is 0 Å². The zero-order valence-corrected chi connectivity index (χ0v) is 12.6. The molecule has 0 atom stereocenters. The smallest absolute Gasteiger partial charge is 0.143 e. The number of benzene rings is 2. The second kappa shape index (κ2) is 6.33. The van der Waals surface area contributed by atoms with Gasteiger partial charge in [-0.2, -0.15) is 0 Å². The summed E-state index contributed by atoms with van der Waals surface area (Å²) in [7, 11) is 1.58. The number of anilines is 1. The lowest BCUT2D eigenvalue weighted by molar-refractivity contribution is 0.416. The maximum Gasteiger partial charge on any atom is 0.143 e. The number of halogens is 3. The van der Waals surface area contributed by atoms with E-state index in [1.54, 1.807) is 19.2 Å². The first kappa shape index (κ1) is 14.9. The number of ether oxygens (including phenoxy) is 1. The number of nitrogens with one attached hydrogen (secondary N) is 1. The second-order valence-electron chi connectivity index (χ2n) is 4.40. The van der Waals surface area contributed by atoms with E-state index < -0.39 is 5.82 Å². The minimum atomic E-state index is -0.426. The summed E-state index contributed by atoms with van der Waals surface area (Å²) in [6.07, 6.45) is 0. The van der Waals surface area contributed by atoms with Crippen LogP contribution in [-0.2, 0) is 6.54 Å². The van der Waals surface area contributed by atoms with Crippen LogP contribution in [0, 0.1) is 12.7 Å². The summed E-state index contributed by atoms with van der Waals surface area (Å²) >= 11 is 11.7. The van der Waals surface area contributed by atoms with E-state index in [0.29, 0.717) is 17.3 Å². The van der Waals surface area contributed by atoms with Gasteiger partial charge in [-0.25, -0.2) is 4.39 Å². The lowest BCUT2D eigenvalue weighted by Gasteiger charge is -2.13. The van der Waals surface area contributed by atoms with Crippen LogP contribution in [0.25, 0.3) is 0 Å². The average molecular weight is 314 g/mol. The maximum absolute atomic E-state index is 13.4. The molecule has 0 aliphatic carbocycles. The molecule has 2 nitrogen and oxygen atoms in total. The topological polar surface area (TPSA) is 21.3 Å². The van der Waals surface area contributed by atoms with Crippen molar-refractivity contribution in [2.75, 3.05) is 12.4 Å². The molecular weight excluding hydrogens is 300 g/mol. The van der Waals surface area contributed by atoms with Gasteiger partial charge in [-0.05, 0) is 36.2 Å². The molecule has 0 radical (unpaired) electrons. The first-order valence-corrected chi connectivity index (χ1v) is 6.79. The van der Waals surface area contributed by atoms with Crippen LogP contribution >= 0.6 is 23.2 Å². The van der Waals surface area contributed by atoms with Crippen molar-refractivity contribution < 1.29 is 9.13 Å². The lowest BCUT2D eigenvalue weighted by atomic mass is 10.1. The molecule has 0 bridgehead atoms. The molecule has 0 aromatic heterocycles. The van der Waals surface area contributed by atoms with E-state index in [1.165, 1.54) is 12.1 Å². The predicted molar refractivity (Wildman–Crippen MR) is 81.5 cm³/mol. The highest BCUT2D eigenvalue weighted by atomic mass is 35.5. The first-order valence-electron chi connectivity index (χ1n) is 6.03. The van der Waals surface area contributed by atoms with Crippen molar-refractivity contribution in [3.05, 3.63) is 57.3 Å². The fourth-order valence-corrected chi connectivity index (χ4v) is 2.09. The van der Waals surface area contributed by atoms with Crippen molar-refractivity contribution in [1.82, 2.24) is 0 Å². The molecule has 0 saturated carbocycles. The highest BCUT2D eigenvalue weighted by Gasteiger charge is 2.07. The molecule has 0 unspecified atom stereocenters. The molecule has 0 amide bonds. The van der Waals surface area contributed by atoms with Gasteiger partial charge in [0.25, 0.3) is 0 Å². The molecular formula is C15H14Cl2FNO. The van der Waals surface area contributed by atoms with E-state index in [-0.39, 0.29) is 5.02 Å². The van der Waals surface area contributed by atoms with E-state index in [2.05, 4.69) is 5.32 Å². The lowest BCUT2D eigenvalue weighted by Crippen LogP contribution is -2.02. The molecule has 5 heteroatoms. The molecule has 0 saturated heterocycles. The fourth-order valence-electron chi connectivity index (χ4n) is 1.82. The standard InChI is InChI=1S/C15H14Cl2FNO/c1-9-5-14(15(20-2)7-12(9)17)19-8-10-3-4-11(16)13(18)6-10/h3-7,19H,8H2,1-2H3. The molecule has 0 fully saturated rings. The normalized spacial score (nSPS) is 10.4. The monoisotopic (exact) mass is 313 g/mol. The molecule has 106 valence electrons. The SMILES string of the molecule is COc1cc(Cl)c(C)cc1NCc1ccc(Cl)c(F)c1. The summed E-state index contributed by atoms with van der Waals surface area (Å²) in [5.74, 6) is 0.222. The van der Waals surface area contributed by atoms with Gasteiger partial charge < -0.3 is 10.1 Å². The minimum absolute atomic E-state index is 0.119. The highest BCUT2D eigenvalue weighted by molar-refractivity contribution is 6.31. The Morgan fingerprint density at radius 2 is 1.90 bits per heavy atom. The van der Waals surface area contributed by atoms with Crippen LogP contribution in [0.2, 0.25) is 10.0 Å². The summed E-state index contributed by atoms with van der Waals surface area (Å²) in [5, 5.41) is 3.96. The summed E-state index contributed by atoms with van der Waals surface area (Å²) in [6.45, 7) is 2.38. The predicted octanol–water partition coefficient (Wildman–Crippen LogP) is 5.06. The molecule has 20 heavy (non-hydrogen) atoms. The van der Waals surface area contributed by atoms with Crippen LogP contribution < -0.4 is 10.1 Å². The van der Waals surface area contributed by atoms with E-state index in [9.17, 15) is 4.39 Å². The van der Waals surface area contributed by atoms with Gasteiger partial charge in [0.1, 0.15) is 11.6 Å². The Balaban J connectivity index is 2.18. The molecule has 0 aliphatic rings. The van der Waals surface area contributed by atoms with Crippen molar-refractivity contribution in [1.29, 1.82) is 0 Å². The van der Waals surface area contributed by atoms with Crippen LogP contribution in [0.5, 0.6) is 5.75 Å². The number of hydrogen-bond acceptors (Lipinski definition) is 2. The molecule has 0 aliphatic heterocycles. The van der Waals surface area contributed by atoms with Crippen LogP contribution in [0.4, 0.5) is 10.1 Å². The quantitative estimate of drug-likeness (QED) is 0.851. The largest absolute Gasteiger partial charge is 0.495 e. The third kappa shape index (κ3) is 3.35. The van der Waals surface area contributed by atoms with Crippen LogP contribution in [0.15, 0.2) is 30.3 Å². The molecule has 0 heterocycles. The van der Waals surface area contributed by atoms with Gasteiger partial charge in [0.05, 0.1) is 17.8 Å². The van der Waals surface area contributed by atoms with Gasteiger partial charge in [0, 0.05) is 17.6 Å². The van der Waals surface area contributed by atoms with Gasteiger partial charge >= 0.3 is 0 Å². The van der Waals surface area contributed by atoms with Gasteiger partial charge in [0.15, 0.2) is 0 Å². The van der Waals surface area contributed by atoms with Crippen LogP contribution in [0.3, 0.4) is 0 Å². The summed E-state index contributed by atoms with van der Waals surface area (Å²) < 4.78 is 18.6. The summed E-state index contributed by atoms with van der Waals surface area (Å²) in [6, 6.07) is 8.37. The van der Waals surface area contributed by atoms with E-state index >= 15 is 0 Å². The van der Waals surface area contributed by atoms with Crippen molar-refractivity contribution >= 4 is 28.9 Å². The Labute approximate surface area is 127 Å². The first-order chi connectivity index (χ1) is 9.51. The number of aryl methyl sites for hydroxylation is 1. The second-order valence-corrected chi connectivity index (χ2v) is 5.22. The molecule has 2 rings (SSSR count). The Bertz CT molecular complexity index is 632. The number of methoxy groups -OCH3 is 1. The summed E-state index contributed by atoms with van der Waals surface area (Å²) in [4.78, 5) is 0. The van der Waals surface area contributed by atoms with E-state index in [0.717, 1.165) is 16.8 Å². The zero-order valence-electron chi connectivity index (χ0n) is 11.1. The van der Waals surface area contributed by atoms with Crippen LogP contribution in [0.1, 0.15) is 11.1 Å². The fraction of sp³-hybridized carbons (Fsp3) is 0.200. The Kier molecular flexibility index (Phi) is 4.73. The summed E-state index contributed by atoms with van der Waals surface area (Å²) in [5.41, 5.74) is 2.54. The van der Waals surface area contributed by atoms with Gasteiger partial charge in [-0.3, -0.25) is 0 Å². The average Bonchev–Trinajstić information content (AvgIpc) is 2.43. The third-order valence-electron chi connectivity index (χ3n) is 2.95. The van der Waals surface area contributed by atoms with Crippen molar-refractivity contribution in [2.24, 2.45) is 0 Å². The van der Waals surface area contributed by atoms with E-state index in [4.69, 9.17) is 27.9 Å². The van der Waals surface area contributed by atoms with Gasteiger partial charge in [0.2, 0.25) is 0 Å². The van der Waals surface area contributed by atoms with Gasteiger partial charge in [-0.1, -0.05) is 29.3 Å².